The van der Waals surface area contributed by atoms with Crippen molar-refractivity contribution in [2.45, 2.75) is 39.2 Å². The molecule has 1 saturated carbocycles. The lowest BCUT2D eigenvalue weighted by molar-refractivity contribution is 0.199. The number of ether oxygens (including phenoxy) is 1. The molecule has 0 aliphatic heterocycles. The second kappa shape index (κ2) is 12.5. The zero-order valence-electron chi connectivity index (χ0n) is 24.1. The summed E-state index contributed by atoms with van der Waals surface area (Å²) in [5, 5.41) is 21.0. The van der Waals surface area contributed by atoms with Gasteiger partial charge in [-0.2, -0.15) is 5.26 Å². The Balaban J connectivity index is 0.00000138. The van der Waals surface area contributed by atoms with E-state index in [9.17, 15) is 10.1 Å². The first kappa shape index (κ1) is 28.9. The maximum absolute atomic E-state index is 15.1. The first-order valence-corrected chi connectivity index (χ1v) is 14.0. The summed E-state index contributed by atoms with van der Waals surface area (Å²) in [4.78, 5) is 18.4. The Hall–Kier alpha value is -4.66. The minimum Gasteiger partial charge on any atom is -0.383 e. The number of fused-ring (bicyclic) bond motifs is 1. The van der Waals surface area contributed by atoms with Crippen molar-refractivity contribution in [1.29, 1.82) is 5.26 Å². The van der Waals surface area contributed by atoms with Crippen LogP contribution in [0.2, 0.25) is 0 Å². The fraction of sp³-hybridized carbons (Fsp3) is 0.323. The standard InChI is InChI=1S/C29H27FN8O2.C2H6.H2/c1-36-17-33-35-28(36)23-9-18(13-31)3-6-22(23)21-11-25(20-4-5-20)34-27(12-21)38-16-26-24(30)10-19(14-32-7-8-40-2)15-37(26)29(38)39;1-2;/h3,6,9-12,15-17,20,32H,4-5,7-8,14H2,1-2H3;1-2H3;1H. The van der Waals surface area contributed by atoms with E-state index < -0.39 is 11.5 Å². The lowest BCUT2D eigenvalue weighted by atomic mass is 9.96. The highest BCUT2D eigenvalue weighted by Crippen LogP contribution is 2.41. The van der Waals surface area contributed by atoms with Gasteiger partial charge in [0.1, 0.15) is 23.5 Å². The average molecular weight is 571 g/mol. The second-order valence-electron chi connectivity index (χ2n) is 9.95. The summed E-state index contributed by atoms with van der Waals surface area (Å²) in [6.45, 7) is 5.54. The molecule has 0 saturated heterocycles. The summed E-state index contributed by atoms with van der Waals surface area (Å²) in [5.41, 5.74) is 4.16. The van der Waals surface area contributed by atoms with Crippen molar-refractivity contribution in [3.8, 4) is 34.4 Å². The van der Waals surface area contributed by atoms with E-state index in [0.29, 0.717) is 48.4 Å². The molecule has 0 radical (unpaired) electrons. The monoisotopic (exact) mass is 570 g/mol. The van der Waals surface area contributed by atoms with Gasteiger partial charge in [-0.3, -0.25) is 8.97 Å². The zero-order chi connectivity index (χ0) is 29.8. The molecule has 11 heteroatoms. The largest absolute Gasteiger partial charge is 0.383 e. The highest BCUT2D eigenvalue weighted by atomic mass is 19.1. The lowest BCUT2D eigenvalue weighted by Gasteiger charge is -2.13. The normalized spacial score (nSPS) is 12.7. The van der Waals surface area contributed by atoms with Crippen molar-refractivity contribution in [1.82, 2.24) is 34.0 Å². The van der Waals surface area contributed by atoms with Crippen LogP contribution < -0.4 is 11.0 Å². The lowest BCUT2D eigenvalue weighted by Crippen LogP contribution is -2.22. The molecule has 0 amide bonds. The third-order valence-electron chi connectivity index (χ3n) is 7.07. The number of aryl methyl sites for hydroxylation is 1. The van der Waals surface area contributed by atoms with Crippen LogP contribution in [0, 0.1) is 17.1 Å². The van der Waals surface area contributed by atoms with Crippen LogP contribution in [-0.4, -0.2) is 49.0 Å². The van der Waals surface area contributed by atoms with E-state index in [0.717, 1.165) is 35.2 Å². The van der Waals surface area contributed by atoms with Gasteiger partial charge < -0.3 is 14.6 Å². The Labute approximate surface area is 244 Å². The van der Waals surface area contributed by atoms with Gasteiger partial charge in [-0.15, -0.1) is 10.2 Å². The van der Waals surface area contributed by atoms with Gasteiger partial charge in [0, 0.05) is 58.2 Å². The van der Waals surface area contributed by atoms with Gasteiger partial charge in [0.05, 0.1) is 18.2 Å². The number of aromatic nitrogens is 6. The van der Waals surface area contributed by atoms with Crippen LogP contribution in [0.25, 0.3) is 33.8 Å². The van der Waals surface area contributed by atoms with E-state index in [4.69, 9.17) is 9.72 Å². The first-order valence-electron chi connectivity index (χ1n) is 14.0. The highest BCUT2D eigenvalue weighted by molar-refractivity contribution is 5.82. The summed E-state index contributed by atoms with van der Waals surface area (Å²) < 4.78 is 24.7. The number of benzene rings is 1. The third kappa shape index (κ3) is 5.72. The topological polar surface area (TPSA) is 115 Å². The maximum atomic E-state index is 15.1. The molecular weight excluding hydrogens is 535 g/mol. The molecule has 6 rings (SSSR count). The number of hydrogen-bond donors (Lipinski definition) is 1. The van der Waals surface area contributed by atoms with Crippen molar-refractivity contribution in [3.05, 3.63) is 88.2 Å². The molecule has 0 atom stereocenters. The number of rotatable bonds is 9. The van der Waals surface area contributed by atoms with Crippen LogP contribution in [0.5, 0.6) is 0 Å². The number of nitrogens with one attached hydrogen (secondary N) is 1. The first-order chi connectivity index (χ1) is 20.5. The third-order valence-corrected chi connectivity index (χ3v) is 7.07. The minimum atomic E-state index is -0.489. The zero-order valence-corrected chi connectivity index (χ0v) is 24.1. The molecule has 1 aromatic carbocycles. The van der Waals surface area contributed by atoms with Crippen LogP contribution in [0.3, 0.4) is 0 Å². The minimum absolute atomic E-state index is 0. The molecule has 42 heavy (non-hydrogen) atoms. The highest BCUT2D eigenvalue weighted by Gasteiger charge is 2.27. The maximum Gasteiger partial charge on any atom is 0.338 e. The Bertz CT molecular complexity index is 1830. The number of halogens is 1. The van der Waals surface area contributed by atoms with Gasteiger partial charge in [0.15, 0.2) is 5.82 Å². The van der Waals surface area contributed by atoms with Crippen molar-refractivity contribution in [2.24, 2.45) is 7.05 Å². The molecule has 218 valence electrons. The summed E-state index contributed by atoms with van der Waals surface area (Å²) in [5.74, 6) is 0.821. The van der Waals surface area contributed by atoms with E-state index in [2.05, 4.69) is 21.6 Å². The molecule has 4 heterocycles. The molecule has 0 bridgehead atoms. The number of nitriles is 1. The summed E-state index contributed by atoms with van der Waals surface area (Å²) in [6.07, 6.45) is 6.77. The molecule has 1 N–H and O–H groups in total. The fourth-order valence-electron chi connectivity index (χ4n) is 4.85. The van der Waals surface area contributed by atoms with Crippen LogP contribution in [-0.2, 0) is 18.3 Å². The Morgan fingerprint density at radius 1 is 1.17 bits per heavy atom. The van der Waals surface area contributed by atoms with E-state index in [1.54, 1.807) is 36.3 Å². The molecule has 1 aliphatic rings. The molecule has 0 spiro atoms. The second-order valence-corrected chi connectivity index (χ2v) is 9.95. The van der Waals surface area contributed by atoms with E-state index in [1.807, 2.05) is 39.1 Å². The Morgan fingerprint density at radius 3 is 2.67 bits per heavy atom. The SMILES string of the molecule is CC.COCCNCc1cc(F)c2cn(-c3cc(-c4ccc(C#N)cc4-c4nncn4C)cc(C4CC4)n3)c(=O)n2c1.[HH]. The van der Waals surface area contributed by atoms with E-state index in [-0.39, 0.29) is 6.94 Å². The molecule has 0 unspecified atom stereocenters. The molecule has 5 aromatic rings. The predicted octanol–water partition coefficient (Wildman–Crippen LogP) is 4.84. The van der Waals surface area contributed by atoms with Gasteiger partial charge in [0.2, 0.25) is 0 Å². The van der Waals surface area contributed by atoms with Crippen molar-refractivity contribution in [2.75, 3.05) is 20.3 Å². The van der Waals surface area contributed by atoms with Gasteiger partial charge >= 0.3 is 5.69 Å². The summed E-state index contributed by atoms with van der Waals surface area (Å²) >= 11 is 0. The predicted molar refractivity (Wildman–Crippen MR) is 160 cm³/mol. The molecule has 4 aromatic heterocycles. The van der Waals surface area contributed by atoms with Crippen LogP contribution in [0.4, 0.5) is 4.39 Å². The number of methoxy groups -OCH3 is 1. The van der Waals surface area contributed by atoms with E-state index >= 15 is 4.39 Å². The van der Waals surface area contributed by atoms with Gasteiger partial charge in [-0.25, -0.2) is 14.2 Å². The van der Waals surface area contributed by atoms with Crippen molar-refractivity contribution < 1.29 is 10.6 Å². The van der Waals surface area contributed by atoms with Crippen molar-refractivity contribution >= 4 is 5.52 Å². The molecule has 10 nitrogen and oxygen atoms in total. The number of imidazole rings is 1. The summed E-state index contributed by atoms with van der Waals surface area (Å²) in [6, 6.07) is 12.9. The fourth-order valence-corrected chi connectivity index (χ4v) is 4.85. The van der Waals surface area contributed by atoms with Crippen LogP contribution >= 0.6 is 0 Å². The number of hydrogen-bond acceptors (Lipinski definition) is 7. The van der Waals surface area contributed by atoms with Crippen molar-refractivity contribution in [3.63, 3.8) is 0 Å². The summed E-state index contributed by atoms with van der Waals surface area (Å²) in [7, 11) is 3.46. The quantitative estimate of drug-likeness (QED) is 0.252. The van der Waals surface area contributed by atoms with Crippen LogP contribution in [0.1, 0.15) is 50.9 Å². The number of pyridine rings is 2. The Kier molecular flexibility index (Phi) is 8.56. The van der Waals surface area contributed by atoms with Gasteiger partial charge in [-0.05, 0) is 59.9 Å². The smallest absolute Gasteiger partial charge is 0.338 e. The van der Waals surface area contributed by atoms with Crippen LogP contribution in [0.15, 0.2) is 59.9 Å². The van der Waals surface area contributed by atoms with Gasteiger partial charge in [0.25, 0.3) is 0 Å². The number of nitrogens with zero attached hydrogens (tertiary/aromatic N) is 7. The molecule has 1 fully saturated rings. The Morgan fingerprint density at radius 2 is 1.98 bits per heavy atom. The van der Waals surface area contributed by atoms with Gasteiger partial charge in [-0.1, -0.05) is 19.9 Å². The van der Waals surface area contributed by atoms with E-state index in [1.165, 1.54) is 21.2 Å². The molecular formula is C31H35FN8O2. The average Bonchev–Trinajstić information content (AvgIpc) is 3.70. The molecule has 1 aliphatic carbocycles.